The van der Waals surface area contributed by atoms with Gasteiger partial charge in [-0.3, -0.25) is 4.57 Å². The number of nitrogens with zero attached hydrogens (tertiary/aromatic N) is 3. The van der Waals surface area contributed by atoms with Crippen molar-refractivity contribution in [2.24, 2.45) is 0 Å². The smallest absolute Gasteiger partial charge is 0.203 e. The maximum atomic E-state index is 5.87. The number of hydrogen-bond donors (Lipinski definition) is 1. The lowest BCUT2D eigenvalue weighted by atomic mass is 10.1. The van der Waals surface area contributed by atoms with Crippen LogP contribution < -0.4 is 9.64 Å². The van der Waals surface area contributed by atoms with Crippen LogP contribution >= 0.6 is 12.2 Å². The normalized spacial score (nSPS) is 14.8. The number of aryl methyl sites for hydroxylation is 1. The Morgan fingerprint density at radius 2 is 1.72 bits per heavy atom. The molecule has 0 aliphatic carbocycles. The van der Waals surface area contributed by atoms with E-state index in [9.17, 15) is 0 Å². The first-order valence-electron chi connectivity index (χ1n) is 10.4. The number of piperidine rings is 1. The van der Waals surface area contributed by atoms with Crippen molar-refractivity contribution in [2.75, 3.05) is 20.2 Å². The molecule has 1 aliphatic rings. The third-order valence-electron chi connectivity index (χ3n) is 5.67. The first kappa shape index (κ1) is 19.9. The molecule has 0 spiro atoms. The fourth-order valence-corrected chi connectivity index (χ4v) is 4.29. The summed E-state index contributed by atoms with van der Waals surface area (Å²) < 4.78 is 10.3. The summed E-state index contributed by atoms with van der Waals surface area (Å²) in [7, 11) is 1.69. The van der Waals surface area contributed by atoms with Gasteiger partial charge in [0.25, 0.3) is 0 Å². The van der Waals surface area contributed by atoms with Crippen LogP contribution in [0.5, 0.6) is 5.75 Å². The number of nitrogens with one attached hydrogen (secondary N) is 1. The SMILES string of the molecule is COc1ccc(-c2nn(C[NH+]3CCCCC3)c(=S)n2CCc2ccccc2)cc1. The molecule has 0 bridgehead atoms. The van der Waals surface area contributed by atoms with Crippen molar-refractivity contribution in [3.05, 3.63) is 64.9 Å². The molecule has 1 aliphatic heterocycles. The van der Waals surface area contributed by atoms with Crippen LogP contribution in [0.3, 0.4) is 0 Å². The summed E-state index contributed by atoms with van der Waals surface area (Å²) in [4.78, 5) is 1.57. The summed E-state index contributed by atoms with van der Waals surface area (Å²) in [6.45, 7) is 4.08. The lowest BCUT2D eigenvalue weighted by Crippen LogP contribution is -3.12. The fourth-order valence-electron chi connectivity index (χ4n) is 4.01. The Hall–Kier alpha value is -2.44. The summed E-state index contributed by atoms with van der Waals surface area (Å²) in [5.41, 5.74) is 2.38. The molecule has 2 aromatic carbocycles. The molecule has 0 saturated carbocycles. The lowest BCUT2D eigenvalue weighted by Gasteiger charge is -2.22. The molecule has 5 nitrogen and oxygen atoms in total. The van der Waals surface area contributed by atoms with E-state index in [0.717, 1.165) is 41.5 Å². The Labute approximate surface area is 177 Å². The lowest BCUT2D eigenvalue weighted by molar-refractivity contribution is -0.928. The van der Waals surface area contributed by atoms with Crippen LogP contribution in [0.1, 0.15) is 24.8 Å². The minimum absolute atomic E-state index is 0.810. The second kappa shape index (κ2) is 9.37. The summed E-state index contributed by atoms with van der Waals surface area (Å²) >= 11 is 5.87. The molecule has 2 heterocycles. The molecule has 6 heteroatoms. The van der Waals surface area contributed by atoms with Gasteiger partial charge in [0, 0.05) is 12.1 Å². The van der Waals surface area contributed by atoms with Crippen LogP contribution in [-0.4, -0.2) is 34.5 Å². The molecule has 0 radical (unpaired) electrons. The molecule has 1 fully saturated rings. The van der Waals surface area contributed by atoms with E-state index >= 15 is 0 Å². The topological polar surface area (TPSA) is 36.4 Å². The number of ether oxygens (including phenoxy) is 1. The Bertz CT molecular complexity index is 972. The van der Waals surface area contributed by atoms with Gasteiger partial charge in [0.05, 0.1) is 20.2 Å². The average molecular weight is 410 g/mol. The fraction of sp³-hybridized carbons (Fsp3) is 0.391. The van der Waals surface area contributed by atoms with Crippen LogP contribution in [0, 0.1) is 4.77 Å². The number of methoxy groups -OCH3 is 1. The van der Waals surface area contributed by atoms with E-state index in [-0.39, 0.29) is 0 Å². The van der Waals surface area contributed by atoms with Crippen LogP contribution in [0.15, 0.2) is 54.6 Å². The maximum absolute atomic E-state index is 5.87. The molecule has 3 aromatic rings. The largest absolute Gasteiger partial charge is 0.497 e. The van der Waals surface area contributed by atoms with Crippen molar-refractivity contribution in [3.8, 4) is 17.1 Å². The third kappa shape index (κ3) is 4.77. The average Bonchev–Trinajstić information content (AvgIpc) is 3.09. The maximum Gasteiger partial charge on any atom is 0.203 e. The first-order valence-corrected chi connectivity index (χ1v) is 10.8. The van der Waals surface area contributed by atoms with Gasteiger partial charge in [0.15, 0.2) is 12.5 Å². The molecule has 152 valence electrons. The zero-order chi connectivity index (χ0) is 20.1. The summed E-state index contributed by atoms with van der Waals surface area (Å²) in [6.07, 6.45) is 4.86. The third-order valence-corrected chi connectivity index (χ3v) is 6.10. The van der Waals surface area contributed by atoms with Gasteiger partial charge in [-0.05, 0) is 67.7 Å². The summed E-state index contributed by atoms with van der Waals surface area (Å²) in [6, 6.07) is 18.6. The second-order valence-electron chi connectivity index (χ2n) is 7.69. The van der Waals surface area contributed by atoms with Crippen molar-refractivity contribution in [1.82, 2.24) is 14.3 Å². The van der Waals surface area contributed by atoms with Gasteiger partial charge in [0.1, 0.15) is 5.75 Å². The molecular weight excluding hydrogens is 380 g/mol. The Morgan fingerprint density at radius 3 is 2.41 bits per heavy atom. The number of quaternary nitrogens is 1. The molecule has 1 N–H and O–H groups in total. The highest BCUT2D eigenvalue weighted by molar-refractivity contribution is 7.71. The standard InChI is InChI=1S/C23H28N4OS/c1-28-21-12-10-20(11-13-21)22-24-27(18-25-15-6-3-7-16-25)23(29)26(22)17-14-19-8-4-2-5-9-19/h2,4-5,8-13H,3,6-7,14-18H2,1H3/p+1. The Kier molecular flexibility index (Phi) is 6.42. The van der Waals surface area contributed by atoms with Crippen LogP contribution in [0.2, 0.25) is 0 Å². The van der Waals surface area contributed by atoms with Crippen molar-refractivity contribution >= 4 is 12.2 Å². The molecule has 1 aromatic heterocycles. The predicted molar refractivity (Wildman–Crippen MR) is 118 cm³/mol. The second-order valence-corrected chi connectivity index (χ2v) is 8.06. The van der Waals surface area contributed by atoms with Crippen molar-refractivity contribution in [2.45, 2.75) is 38.9 Å². The van der Waals surface area contributed by atoms with Crippen LogP contribution in [0.4, 0.5) is 0 Å². The zero-order valence-electron chi connectivity index (χ0n) is 17.0. The quantitative estimate of drug-likeness (QED) is 0.608. The predicted octanol–water partition coefficient (Wildman–Crippen LogP) is 3.36. The van der Waals surface area contributed by atoms with Gasteiger partial charge in [-0.1, -0.05) is 30.3 Å². The first-order chi connectivity index (χ1) is 14.2. The van der Waals surface area contributed by atoms with E-state index in [4.69, 9.17) is 22.1 Å². The Balaban J connectivity index is 1.64. The number of benzene rings is 2. The van der Waals surface area contributed by atoms with Gasteiger partial charge in [-0.25, -0.2) is 0 Å². The van der Waals surface area contributed by atoms with E-state index in [1.807, 2.05) is 16.8 Å². The molecule has 4 rings (SSSR count). The minimum atomic E-state index is 0.810. The van der Waals surface area contributed by atoms with Gasteiger partial charge < -0.3 is 9.64 Å². The Morgan fingerprint density at radius 1 is 1.00 bits per heavy atom. The molecule has 0 atom stereocenters. The van der Waals surface area contributed by atoms with E-state index in [1.165, 1.54) is 37.9 Å². The van der Waals surface area contributed by atoms with Crippen molar-refractivity contribution < 1.29 is 9.64 Å². The molecular formula is C23H29N4OS+. The molecule has 29 heavy (non-hydrogen) atoms. The van der Waals surface area contributed by atoms with Crippen molar-refractivity contribution in [3.63, 3.8) is 0 Å². The highest BCUT2D eigenvalue weighted by atomic mass is 32.1. The molecule has 0 unspecified atom stereocenters. The number of rotatable bonds is 7. The highest BCUT2D eigenvalue weighted by Crippen LogP contribution is 2.22. The van der Waals surface area contributed by atoms with E-state index in [0.29, 0.717) is 0 Å². The number of likely N-dealkylation sites (tertiary alicyclic amines) is 1. The van der Waals surface area contributed by atoms with Crippen molar-refractivity contribution in [1.29, 1.82) is 0 Å². The van der Waals surface area contributed by atoms with E-state index in [2.05, 4.69) is 47.0 Å². The summed E-state index contributed by atoms with van der Waals surface area (Å²) in [5, 5.41) is 4.96. The number of hydrogen-bond acceptors (Lipinski definition) is 3. The minimum Gasteiger partial charge on any atom is -0.497 e. The van der Waals surface area contributed by atoms with Crippen LogP contribution in [0.25, 0.3) is 11.4 Å². The van der Waals surface area contributed by atoms with Gasteiger partial charge in [-0.15, -0.1) is 5.10 Å². The molecule has 0 amide bonds. The van der Waals surface area contributed by atoms with Gasteiger partial charge in [0.2, 0.25) is 4.77 Å². The highest BCUT2D eigenvalue weighted by Gasteiger charge is 2.18. The monoisotopic (exact) mass is 409 g/mol. The van der Waals surface area contributed by atoms with Crippen LogP contribution in [-0.2, 0) is 19.6 Å². The number of aromatic nitrogens is 3. The van der Waals surface area contributed by atoms with Gasteiger partial charge >= 0.3 is 0 Å². The van der Waals surface area contributed by atoms with E-state index < -0.39 is 0 Å². The van der Waals surface area contributed by atoms with Gasteiger partial charge in [-0.2, -0.15) is 4.68 Å². The summed E-state index contributed by atoms with van der Waals surface area (Å²) in [5.74, 6) is 1.78. The van der Waals surface area contributed by atoms with E-state index in [1.54, 1.807) is 12.0 Å². The zero-order valence-corrected chi connectivity index (χ0v) is 17.8. The molecule has 1 saturated heterocycles.